The topological polar surface area (TPSA) is 56.1 Å². The summed E-state index contributed by atoms with van der Waals surface area (Å²) in [6.45, 7) is 3.58. The fourth-order valence-electron chi connectivity index (χ4n) is 2.99. The van der Waals surface area contributed by atoms with Gasteiger partial charge >= 0.3 is 0 Å². The molecule has 1 aromatic carbocycles. The quantitative estimate of drug-likeness (QED) is 0.668. The van der Waals surface area contributed by atoms with Crippen LogP contribution < -0.4 is 5.32 Å². The molecule has 1 aliphatic heterocycles. The first-order chi connectivity index (χ1) is 10.2. The minimum atomic E-state index is -0.812. The van der Waals surface area contributed by atoms with Crippen LogP contribution in [-0.4, -0.2) is 29.4 Å². The maximum absolute atomic E-state index is 13.0. The van der Waals surface area contributed by atoms with E-state index in [-0.39, 0.29) is 5.91 Å². The second-order valence-corrected chi connectivity index (χ2v) is 5.69. The van der Waals surface area contributed by atoms with Crippen LogP contribution in [-0.2, 0) is 11.2 Å². The van der Waals surface area contributed by atoms with Gasteiger partial charge < -0.3 is 10.2 Å². The molecule has 1 aliphatic rings. The lowest BCUT2D eigenvalue weighted by atomic mass is 9.86. The first kappa shape index (κ1) is 15.4. The number of rotatable bonds is 5. The van der Waals surface area contributed by atoms with Crippen molar-refractivity contribution in [2.24, 2.45) is 0 Å². The predicted molar refractivity (Wildman–Crippen MR) is 82.3 cm³/mol. The van der Waals surface area contributed by atoms with Gasteiger partial charge in [-0.25, -0.2) is 0 Å². The van der Waals surface area contributed by atoms with Crippen LogP contribution in [0.2, 0.25) is 0 Å². The zero-order valence-corrected chi connectivity index (χ0v) is 12.6. The number of nitrogens with one attached hydrogen (secondary N) is 1. The van der Waals surface area contributed by atoms with Crippen molar-refractivity contribution in [3.05, 3.63) is 35.9 Å². The number of carbonyl (C=O) groups is 1. The number of carbonyl (C=O) groups excluding carboxylic acids is 1. The summed E-state index contributed by atoms with van der Waals surface area (Å²) in [6.07, 6.45) is 6.46. The number of amides is 1. The highest BCUT2D eigenvalue weighted by atomic mass is 16.2. The number of nitrogens with zero attached hydrogens (tertiary/aromatic N) is 2. The van der Waals surface area contributed by atoms with Crippen molar-refractivity contribution in [1.82, 2.24) is 10.2 Å². The van der Waals surface area contributed by atoms with E-state index in [0.29, 0.717) is 12.8 Å². The molecule has 2 rings (SSSR count). The van der Waals surface area contributed by atoms with Crippen LogP contribution in [0.4, 0.5) is 0 Å². The molecule has 0 saturated carbocycles. The van der Waals surface area contributed by atoms with Crippen molar-refractivity contribution >= 4 is 5.91 Å². The first-order valence-electron chi connectivity index (χ1n) is 7.71. The molecular weight excluding hydrogens is 262 g/mol. The summed E-state index contributed by atoms with van der Waals surface area (Å²) in [5.74, 6) is 0.0649. The molecule has 0 radical (unpaired) electrons. The highest BCUT2D eigenvalue weighted by Gasteiger charge is 2.40. The third-order valence-corrected chi connectivity index (χ3v) is 4.30. The van der Waals surface area contributed by atoms with E-state index in [0.717, 1.165) is 31.5 Å². The fraction of sp³-hybridized carbons (Fsp3) is 0.529. The Morgan fingerprint density at radius 2 is 1.95 bits per heavy atom. The Morgan fingerprint density at radius 1 is 1.29 bits per heavy atom. The van der Waals surface area contributed by atoms with Crippen molar-refractivity contribution in [1.29, 1.82) is 5.26 Å². The van der Waals surface area contributed by atoms with Gasteiger partial charge in [-0.2, -0.15) is 5.26 Å². The Hall–Kier alpha value is -2.02. The second kappa shape index (κ2) is 7.12. The fourth-order valence-corrected chi connectivity index (χ4v) is 2.99. The Balaban J connectivity index is 2.23. The van der Waals surface area contributed by atoms with Gasteiger partial charge in [0.2, 0.25) is 5.91 Å². The summed E-state index contributed by atoms with van der Waals surface area (Å²) in [7, 11) is 0. The molecular formula is C17H23N3O. The summed E-state index contributed by atoms with van der Waals surface area (Å²) in [5, 5.41) is 11.9. The molecule has 0 aromatic heterocycles. The molecule has 0 spiro atoms. The summed E-state index contributed by atoms with van der Waals surface area (Å²) < 4.78 is 0. The predicted octanol–water partition coefficient (Wildman–Crippen LogP) is 2.46. The van der Waals surface area contributed by atoms with Crippen molar-refractivity contribution in [3.63, 3.8) is 0 Å². The number of piperidine rings is 1. The molecule has 1 heterocycles. The molecule has 0 bridgehead atoms. The average Bonchev–Trinajstić information content (AvgIpc) is 2.55. The summed E-state index contributed by atoms with van der Waals surface area (Å²) >= 11 is 0. The highest BCUT2D eigenvalue weighted by molar-refractivity contribution is 5.87. The normalized spacial score (nSPS) is 17.6. The summed E-state index contributed by atoms with van der Waals surface area (Å²) in [5.41, 5.74) is 0.264. The molecule has 112 valence electrons. The van der Waals surface area contributed by atoms with Crippen molar-refractivity contribution in [2.75, 3.05) is 13.1 Å². The van der Waals surface area contributed by atoms with Gasteiger partial charge in [-0.1, -0.05) is 37.3 Å². The molecule has 0 aliphatic carbocycles. The Bertz CT molecular complexity index is 503. The largest absolute Gasteiger partial charge is 0.341 e. The van der Waals surface area contributed by atoms with Gasteiger partial charge in [0.1, 0.15) is 5.54 Å². The van der Waals surface area contributed by atoms with Gasteiger partial charge in [0.25, 0.3) is 0 Å². The highest BCUT2D eigenvalue weighted by Crippen LogP contribution is 2.23. The lowest BCUT2D eigenvalue weighted by Crippen LogP contribution is -2.58. The van der Waals surface area contributed by atoms with E-state index in [4.69, 9.17) is 5.26 Å². The van der Waals surface area contributed by atoms with Crippen molar-refractivity contribution in [2.45, 2.75) is 44.6 Å². The number of hydrogen-bond acceptors (Lipinski definition) is 3. The van der Waals surface area contributed by atoms with Crippen molar-refractivity contribution < 1.29 is 4.79 Å². The van der Waals surface area contributed by atoms with E-state index in [2.05, 4.69) is 5.32 Å². The zero-order chi connectivity index (χ0) is 15.1. The van der Waals surface area contributed by atoms with Gasteiger partial charge in [-0.15, -0.1) is 0 Å². The molecule has 1 aromatic rings. The van der Waals surface area contributed by atoms with Crippen LogP contribution >= 0.6 is 0 Å². The molecule has 21 heavy (non-hydrogen) atoms. The van der Waals surface area contributed by atoms with Crippen LogP contribution in [0.15, 0.2) is 30.3 Å². The molecule has 4 nitrogen and oxygen atoms in total. The van der Waals surface area contributed by atoms with E-state index in [1.807, 2.05) is 48.3 Å². The monoisotopic (exact) mass is 285 g/mol. The molecule has 1 saturated heterocycles. The van der Waals surface area contributed by atoms with Crippen LogP contribution in [0.25, 0.3) is 0 Å². The number of benzene rings is 1. The van der Waals surface area contributed by atoms with Crippen LogP contribution in [0.1, 0.15) is 38.2 Å². The molecule has 1 fully saturated rings. The average molecular weight is 285 g/mol. The Morgan fingerprint density at radius 3 is 2.52 bits per heavy atom. The van der Waals surface area contributed by atoms with E-state index in [9.17, 15) is 4.79 Å². The lowest BCUT2D eigenvalue weighted by Gasteiger charge is -2.37. The lowest BCUT2D eigenvalue weighted by molar-refractivity contribution is -0.139. The third-order valence-electron chi connectivity index (χ3n) is 4.30. The Kier molecular flexibility index (Phi) is 5.21. The van der Waals surface area contributed by atoms with Gasteiger partial charge in [0, 0.05) is 19.5 Å². The molecule has 0 unspecified atom stereocenters. The van der Waals surface area contributed by atoms with Crippen molar-refractivity contribution in [3.8, 4) is 6.19 Å². The molecule has 1 N–H and O–H groups in total. The molecule has 1 amide bonds. The molecule has 1 atom stereocenters. The van der Waals surface area contributed by atoms with E-state index >= 15 is 0 Å². The van der Waals surface area contributed by atoms with E-state index < -0.39 is 5.54 Å². The minimum Gasteiger partial charge on any atom is -0.341 e. The third kappa shape index (κ3) is 3.55. The summed E-state index contributed by atoms with van der Waals surface area (Å²) in [4.78, 5) is 14.9. The number of nitriles is 1. The minimum absolute atomic E-state index is 0.0649. The number of likely N-dealkylation sites (tertiary alicyclic amines) is 1. The maximum atomic E-state index is 13.0. The van der Waals surface area contributed by atoms with Gasteiger partial charge in [-0.05, 0) is 31.2 Å². The smallest absolute Gasteiger partial charge is 0.249 e. The van der Waals surface area contributed by atoms with Crippen LogP contribution in [0.5, 0.6) is 0 Å². The van der Waals surface area contributed by atoms with E-state index in [1.54, 1.807) is 0 Å². The Labute approximate surface area is 126 Å². The van der Waals surface area contributed by atoms with Crippen LogP contribution in [0.3, 0.4) is 0 Å². The second-order valence-electron chi connectivity index (χ2n) is 5.69. The SMILES string of the molecule is CC[C@@](Cc1ccccc1)(NC#N)C(=O)N1CCCCC1. The molecule has 4 heteroatoms. The zero-order valence-electron chi connectivity index (χ0n) is 12.6. The van der Waals surface area contributed by atoms with Gasteiger partial charge in [0.15, 0.2) is 6.19 Å². The summed E-state index contributed by atoms with van der Waals surface area (Å²) in [6, 6.07) is 9.90. The van der Waals surface area contributed by atoms with E-state index in [1.165, 1.54) is 6.42 Å². The first-order valence-corrected chi connectivity index (χ1v) is 7.71. The van der Waals surface area contributed by atoms with Gasteiger partial charge in [-0.3, -0.25) is 4.79 Å². The number of hydrogen-bond donors (Lipinski definition) is 1. The standard InChI is InChI=1S/C17H23N3O/c1-2-17(19-14-18,13-15-9-5-3-6-10-15)16(21)20-11-7-4-8-12-20/h3,5-6,9-10,19H,2,4,7-8,11-13H2,1H3/t17-/m0/s1. The van der Waals surface area contributed by atoms with Gasteiger partial charge in [0.05, 0.1) is 0 Å². The van der Waals surface area contributed by atoms with Crippen LogP contribution in [0, 0.1) is 11.5 Å². The maximum Gasteiger partial charge on any atom is 0.249 e.